The first kappa shape index (κ1) is 18.8. The smallest absolute Gasteiger partial charge is 0.261 e. The van der Waals surface area contributed by atoms with Gasteiger partial charge in [-0.1, -0.05) is 13.0 Å². The number of benzene rings is 2. The topological polar surface area (TPSA) is 84.5 Å². The Hall–Kier alpha value is -2.54. The molecule has 0 saturated heterocycles. The molecule has 0 aliphatic carbocycles. The second-order valence-electron chi connectivity index (χ2n) is 5.35. The molecule has 0 saturated carbocycles. The van der Waals surface area contributed by atoms with E-state index in [0.717, 1.165) is 6.42 Å². The minimum atomic E-state index is -3.74. The van der Waals surface area contributed by atoms with Gasteiger partial charge in [-0.05, 0) is 55.8 Å². The molecule has 0 unspecified atom stereocenters. The number of amides is 1. The molecule has 2 N–H and O–H groups in total. The molecule has 0 radical (unpaired) electrons. The lowest BCUT2D eigenvalue weighted by molar-refractivity contribution is 0.0953. The van der Waals surface area contributed by atoms with Gasteiger partial charge in [0.25, 0.3) is 15.9 Å². The Morgan fingerprint density at radius 2 is 1.80 bits per heavy atom. The van der Waals surface area contributed by atoms with Gasteiger partial charge < -0.3 is 10.1 Å². The highest BCUT2D eigenvalue weighted by atomic mass is 32.2. The third-order valence-electron chi connectivity index (χ3n) is 3.36. The third kappa shape index (κ3) is 5.22. The second kappa shape index (κ2) is 8.53. The summed E-state index contributed by atoms with van der Waals surface area (Å²) in [6.45, 7) is 4.90. The Balaban J connectivity index is 2.16. The van der Waals surface area contributed by atoms with Crippen molar-refractivity contribution in [3.63, 3.8) is 0 Å². The van der Waals surface area contributed by atoms with Gasteiger partial charge in [-0.15, -0.1) is 0 Å². The van der Waals surface area contributed by atoms with Gasteiger partial charge in [-0.3, -0.25) is 9.52 Å². The number of carbonyl (C=O) groups excluding carboxylic acids is 1. The van der Waals surface area contributed by atoms with Crippen molar-refractivity contribution in [3.8, 4) is 5.75 Å². The van der Waals surface area contributed by atoms with Crippen LogP contribution in [-0.2, 0) is 10.0 Å². The summed E-state index contributed by atoms with van der Waals surface area (Å²) in [6, 6.07) is 12.5. The van der Waals surface area contributed by atoms with E-state index in [-0.39, 0.29) is 10.8 Å². The zero-order chi connectivity index (χ0) is 18.3. The van der Waals surface area contributed by atoms with E-state index in [2.05, 4.69) is 10.0 Å². The Kier molecular flexibility index (Phi) is 6.41. The van der Waals surface area contributed by atoms with Crippen molar-refractivity contribution in [1.29, 1.82) is 0 Å². The summed E-state index contributed by atoms with van der Waals surface area (Å²) in [5, 5.41) is 2.76. The molecule has 7 heteroatoms. The molecule has 0 aliphatic heterocycles. The molecule has 2 aromatic rings. The maximum atomic E-state index is 12.5. The van der Waals surface area contributed by atoms with Crippen LogP contribution in [0.4, 0.5) is 5.69 Å². The molecule has 0 spiro atoms. The fourth-order valence-corrected chi connectivity index (χ4v) is 3.21. The van der Waals surface area contributed by atoms with Crippen molar-refractivity contribution in [2.24, 2.45) is 0 Å². The van der Waals surface area contributed by atoms with E-state index in [1.807, 2.05) is 13.8 Å². The average molecular weight is 362 g/mol. The number of nitrogens with one attached hydrogen (secondary N) is 2. The van der Waals surface area contributed by atoms with Crippen LogP contribution in [0.3, 0.4) is 0 Å². The number of hydrogen-bond donors (Lipinski definition) is 2. The fraction of sp³-hybridized carbons (Fsp3) is 0.278. The summed E-state index contributed by atoms with van der Waals surface area (Å²) in [7, 11) is -3.74. The lowest BCUT2D eigenvalue weighted by Gasteiger charge is -2.10. The van der Waals surface area contributed by atoms with Crippen molar-refractivity contribution >= 4 is 21.6 Å². The molecule has 0 atom stereocenters. The maximum Gasteiger partial charge on any atom is 0.261 e. The van der Waals surface area contributed by atoms with Crippen LogP contribution < -0.4 is 14.8 Å². The van der Waals surface area contributed by atoms with Gasteiger partial charge in [0, 0.05) is 17.8 Å². The third-order valence-corrected chi connectivity index (χ3v) is 4.75. The zero-order valence-electron chi connectivity index (χ0n) is 14.3. The van der Waals surface area contributed by atoms with Gasteiger partial charge >= 0.3 is 0 Å². The zero-order valence-corrected chi connectivity index (χ0v) is 15.1. The first-order valence-electron chi connectivity index (χ1n) is 8.10. The maximum absolute atomic E-state index is 12.5. The number of carbonyl (C=O) groups is 1. The van der Waals surface area contributed by atoms with E-state index < -0.39 is 10.0 Å². The molecule has 6 nitrogen and oxygen atoms in total. The lowest BCUT2D eigenvalue weighted by Crippen LogP contribution is -2.24. The molecular weight excluding hydrogens is 340 g/mol. The van der Waals surface area contributed by atoms with Crippen LogP contribution >= 0.6 is 0 Å². The Morgan fingerprint density at radius 3 is 2.44 bits per heavy atom. The molecule has 1 amide bonds. The monoisotopic (exact) mass is 362 g/mol. The molecule has 0 bridgehead atoms. The van der Waals surface area contributed by atoms with E-state index in [4.69, 9.17) is 4.74 Å². The molecule has 2 rings (SSSR count). The van der Waals surface area contributed by atoms with E-state index >= 15 is 0 Å². The highest BCUT2D eigenvalue weighted by Crippen LogP contribution is 2.20. The molecule has 2 aromatic carbocycles. The summed E-state index contributed by atoms with van der Waals surface area (Å²) < 4.78 is 32.7. The van der Waals surface area contributed by atoms with Crippen LogP contribution in [0.25, 0.3) is 0 Å². The van der Waals surface area contributed by atoms with Crippen LogP contribution in [0.5, 0.6) is 5.75 Å². The minimum absolute atomic E-state index is 0.122. The second-order valence-corrected chi connectivity index (χ2v) is 7.03. The number of rotatable bonds is 8. The first-order valence-corrected chi connectivity index (χ1v) is 9.58. The molecule has 0 aromatic heterocycles. The average Bonchev–Trinajstić information content (AvgIpc) is 2.60. The standard InChI is InChI=1S/C18H22N2O4S/c1-3-12-19-18(21)14-6-5-7-15(13-14)20-25(22,23)17-10-8-16(9-11-17)24-4-2/h5-11,13,20H,3-4,12H2,1-2H3,(H,19,21). The summed E-state index contributed by atoms with van der Waals surface area (Å²) >= 11 is 0. The first-order chi connectivity index (χ1) is 12.0. The van der Waals surface area contributed by atoms with Gasteiger partial charge in [0.05, 0.1) is 11.5 Å². The normalized spacial score (nSPS) is 11.0. The SMILES string of the molecule is CCCNC(=O)c1cccc(NS(=O)(=O)c2ccc(OCC)cc2)c1. The summed E-state index contributed by atoms with van der Waals surface area (Å²) in [5.74, 6) is 0.375. The summed E-state index contributed by atoms with van der Waals surface area (Å²) in [4.78, 5) is 12.1. The van der Waals surface area contributed by atoms with Crippen LogP contribution in [0.2, 0.25) is 0 Å². The highest BCUT2D eigenvalue weighted by molar-refractivity contribution is 7.92. The fourth-order valence-electron chi connectivity index (χ4n) is 2.16. The van der Waals surface area contributed by atoms with Gasteiger partial charge in [0.1, 0.15) is 5.75 Å². The largest absolute Gasteiger partial charge is 0.494 e. The predicted octanol–water partition coefficient (Wildman–Crippen LogP) is 3.03. The summed E-state index contributed by atoms with van der Waals surface area (Å²) in [6.07, 6.45) is 0.829. The Morgan fingerprint density at radius 1 is 1.08 bits per heavy atom. The van der Waals surface area contributed by atoms with Gasteiger partial charge in [-0.2, -0.15) is 0 Å². The minimum Gasteiger partial charge on any atom is -0.494 e. The van der Waals surface area contributed by atoms with Crippen molar-refractivity contribution < 1.29 is 17.9 Å². The highest BCUT2D eigenvalue weighted by Gasteiger charge is 2.15. The molecule has 0 fully saturated rings. The molecule has 0 aliphatic rings. The van der Waals surface area contributed by atoms with Gasteiger partial charge in [0.2, 0.25) is 0 Å². The Labute approximate surface area is 148 Å². The molecule has 0 heterocycles. The van der Waals surface area contributed by atoms with E-state index in [9.17, 15) is 13.2 Å². The molecule has 134 valence electrons. The molecular formula is C18H22N2O4S. The Bertz CT molecular complexity index is 817. The summed E-state index contributed by atoms with van der Waals surface area (Å²) in [5.41, 5.74) is 0.735. The number of anilines is 1. The van der Waals surface area contributed by atoms with Crippen LogP contribution in [0.15, 0.2) is 53.4 Å². The van der Waals surface area contributed by atoms with Gasteiger partial charge in [-0.25, -0.2) is 8.42 Å². The van der Waals surface area contributed by atoms with Crippen molar-refractivity contribution in [2.45, 2.75) is 25.2 Å². The number of hydrogen-bond acceptors (Lipinski definition) is 4. The number of sulfonamides is 1. The molecule has 25 heavy (non-hydrogen) atoms. The lowest BCUT2D eigenvalue weighted by atomic mass is 10.2. The predicted molar refractivity (Wildman–Crippen MR) is 97.5 cm³/mol. The van der Waals surface area contributed by atoms with Crippen LogP contribution in [0, 0.1) is 0 Å². The van der Waals surface area contributed by atoms with E-state index in [0.29, 0.717) is 30.2 Å². The van der Waals surface area contributed by atoms with Crippen LogP contribution in [0.1, 0.15) is 30.6 Å². The van der Waals surface area contributed by atoms with Crippen molar-refractivity contribution in [2.75, 3.05) is 17.9 Å². The van der Waals surface area contributed by atoms with Crippen molar-refractivity contribution in [1.82, 2.24) is 5.32 Å². The number of ether oxygens (including phenoxy) is 1. The van der Waals surface area contributed by atoms with Gasteiger partial charge in [0.15, 0.2) is 0 Å². The van der Waals surface area contributed by atoms with E-state index in [1.54, 1.807) is 30.3 Å². The van der Waals surface area contributed by atoms with Crippen LogP contribution in [-0.4, -0.2) is 27.5 Å². The van der Waals surface area contributed by atoms with E-state index in [1.165, 1.54) is 18.2 Å². The van der Waals surface area contributed by atoms with Crippen molar-refractivity contribution in [3.05, 3.63) is 54.1 Å². The quantitative estimate of drug-likeness (QED) is 0.756.